The molecular weight excluding hydrogens is 408 g/mol. The second-order valence-corrected chi connectivity index (χ2v) is 9.81. The van der Waals surface area contributed by atoms with Crippen molar-refractivity contribution in [3.8, 4) is 0 Å². The van der Waals surface area contributed by atoms with Gasteiger partial charge in [-0.15, -0.1) is 0 Å². The summed E-state index contributed by atoms with van der Waals surface area (Å²) in [4.78, 5) is 4.42. The second-order valence-electron chi connectivity index (χ2n) is 7.88. The number of aryl methyl sites for hydroxylation is 2. The Balaban J connectivity index is 1.86. The molecule has 0 bridgehead atoms. The van der Waals surface area contributed by atoms with Crippen LogP contribution in [-0.2, 0) is 20.4 Å². The Labute approximate surface area is 179 Å². The highest BCUT2D eigenvalue weighted by Crippen LogP contribution is 2.27. The van der Waals surface area contributed by atoms with Gasteiger partial charge in [0.15, 0.2) is 5.96 Å². The van der Waals surface area contributed by atoms with Gasteiger partial charge < -0.3 is 24.9 Å². The van der Waals surface area contributed by atoms with Gasteiger partial charge >= 0.3 is 0 Å². The van der Waals surface area contributed by atoms with E-state index in [0.717, 1.165) is 25.0 Å². The maximum Gasteiger partial charge on any atom is 0.213 e. The first-order chi connectivity index (χ1) is 14.1. The molecule has 1 aliphatic rings. The summed E-state index contributed by atoms with van der Waals surface area (Å²) in [6.45, 7) is 9.14. The van der Waals surface area contributed by atoms with Crippen LogP contribution in [0.25, 0.3) is 0 Å². The smallest absolute Gasteiger partial charge is 0.213 e. The van der Waals surface area contributed by atoms with Crippen molar-refractivity contribution >= 4 is 16.0 Å². The molecule has 0 radical (unpaired) electrons. The largest absolute Gasteiger partial charge is 0.466 e. The summed E-state index contributed by atoms with van der Waals surface area (Å²) in [6, 6.07) is 1.81. The van der Waals surface area contributed by atoms with Crippen LogP contribution < -0.4 is 15.4 Å². The quantitative estimate of drug-likeness (QED) is 0.315. The topological polar surface area (TPSA) is 125 Å². The number of furan rings is 1. The number of aliphatic hydroxyl groups is 1. The van der Waals surface area contributed by atoms with E-state index in [9.17, 15) is 13.5 Å². The minimum Gasteiger partial charge on any atom is -0.466 e. The highest BCUT2D eigenvalue weighted by Gasteiger charge is 2.27. The Morgan fingerprint density at radius 2 is 2.10 bits per heavy atom. The molecule has 0 saturated carbocycles. The molecule has 10 heteroatoms. The van der Waals surface area contributed by atoms with Crippen LogP contribution in [0, 0.1) is 13.8 Å². The molecule has 30 heavy (non-hydrogen) atoms. The lowest BCUT2D eigenvalue weighted by Gasteiger charge is -2.23. The molecule has 1 aliphatic heterocycles. The highest BCUT2D eigenvalue weighted by atomic mass is 32.2. The molecule has 172 valence electrons. The molecule has 0 amide bonds. The van der Waals surface area contributed by atoms with E-state index in [1.165, 1.54) is 0 Å². The number of guanidine groups is 1. The molecule has 4 N–H and O–H groups in total. The van der Waals surface area contributed by atoms with Gasteiger partial charge in [-0.3, -0.25) is 0 Å². The summed E-state index contributed by atoms with van der Waals surface area (Å²) in [7, 11) is -3.42. The van der Waals surface area contributed by atoms with Gasteiger partial charge in [0.25, 0.3) is 0 Å². The van der Waals surface area contributed by atoms with E-state index >= 15 is 0 Å². The van der Waals surface area contributed by atoms with Gasteiger partial charge in [-0.1, -0.05) is 0 Å². The minimum atomic E-state index is -3.42. The molecule has 9 nitrogen and oxygen atoms in total. The van der Waals surface area contributed by atoms with Crippen LogP contribution in [-0.4, -0.2) is 64.1 Å². The Kier molecular flexibility index (Phi) is 9.14. The number of hydrogen-bond donors (Lipinski definition) is 4. The lowest BCUT2D eigenvalue weighted by Crippen LogP contribution is -2.43. The number of nitrogens with zero attached hydrogens (tertiary/aromatic N) is 1. The van der Waals surface area contributed by atoms with E-state index in [1.807, 2.05) is 13.8 Å². The van der Waals surface area contributed by atoms with E-state index in [4.69, 9.17) is 9.15 Å². The van der Waals surface area contributed by atoms with Crippen LogP contribution in [0.4, 0.5) is 0 Å². The highest BCUT2D eigenvalue weighted by molar-refractivity contribution is 7.89. The number of nitrogens with one attached hydrogen (secondary N) is 3. The molecule has 1 saturated heterocycles. The summed E-state index contributed by atoms with van der Waals surface area (Å²) in [5.41, 5.74) is -0.506. The van der Waals surface area contributed by atoms with E-state index in [1.54, 1.807) is 19.9 Å². The average Bonchev–Trinajstić information content (AvgIpc) is 3.04. The van der Waals surface area contributed by atoms with Crippen LogP contribution in [0.2, 0.25) is 0 Å². The van der Waals surface area contributed by atoms with Crippen LogP contribution >= 0.6 is 0 Å². The number of hydrogen-bond acceptors (Lipinski definition) is 6. The predicted octanol–water partition coefficient (Wildman–Crippen LogP) is 1.15. The minimum absolute atomic E-state index is 0.0439. The monoisotopic (exact) mass is 444 g/mol. The van der Waals surface area contributed by atoms with Crippen molar-refractivity contribution in [3.63, 3.8) is 0 Å². The molecule has 1 aromatic heterocycles. The number of rotatable bonds is 10. The summed E-state index contributed by atoms with van der Waals surface area (Å²) in [6.07, 6.45) is 2.94. The van der Waals surface area contributed by atoms with Gasteiger partial charge in [0.2, 0.25) is 10.0 Å². The maximum absolute atomic E-state index is 12.2. The first-order valence-electron chi connectivity index (χ1n) is 10.5. The van der Waals surface area contributed by atoms with Crippen molar-refractivity contribution in [2.24, 2.45) is 4.99 Å². The van der Waals surface area contributed by atoms with Crippen molar-refractivity contribution in [1.29, 1.82) is 0 Å². The van der Waals surface area contributed by atoms with Gasteiger partial charge in [0, 0.05) is 31.8 Å². The lowest BCUT2D eigenvalue weighted by molar-refractivity contribution is 0.0200. The third-order valence-electron chi connectivity index (χ3n) is 4.98. The van der Waals surface area contributed by atoms with E-state index in [0.29, 0.717) is 37.0 Å². The molecule has 2 unspecified atom stereocenters. The molecule has 2 atom stereocenters. The van der Waals surface area contributed by atoms with Crippen LogP contribution in [0.5, 0.6) is 0 Å². The fourth-order valence-corrected chi connectivity index (χ4v) is 4.34. The summed E-state index contributed by atoms with van der Waals surface area (Å²) < 4.78 is 38.1. The van der Waals surface area contributed by atoms with Gasteiger partial charge in [-0.05, 0) is 53.0 Å². The van der Waals surface area contributed by atoms with Crippen LogP contribution in [0.3, 0.4) is 0 Å². The van der Waals surface area contributed by atoms with E-state index in [2.05, 4.69) is 20.3 Å². The first-order valence-corrected chi connectivity index (χ1v) is 12.2. The third-order valence-corrected chi connectivity index (χ3v) is 6.33. The predicted molar refractivity (Wildman–Crippen MR) is 117 cm³/mol. The average molecular weight is 445 g/mol. The molecule has 2 rings (SSSR count). The van der Waals surface area contributed by atoms with Crippen molar-refractivity contribution in [2.75, 3.05) is 38.5 Å². The number of sulfonamides is 1. The van der Waals surface area contributed by atoms with Crippen molar-refractivity contribution in [2.45, 2.75) is 58.7 Å². The molecule has 1 aromatic rings. The van der Waals surface area contributed by atoms with E-state index < -0.39 is 15.6 Å². The fraction of sp³-hybridized carbons (Fsp3) is 0.750. The zero-order valence-electron chi connectivity index (χ0n) is 18.5. The van der Waals surface area contributed by atoms with Gasteiger partial charge in [-0.25, -0.2) is 18.1 Å². The number of aliphatic imine (C=N–C) groups is 1. The normalized spacial score (nSPS) is 20.0. The zero-order valence-corrected chi connectivity index (χ0v) is 19.3. The van der Waals surface area contributed by atoms with Gasteiger partial charge in [0.05, 0.1) is 18.4 Å². The Bertz CT molecular complexity index is 798. The standard InChI is InChI=1S/C20H36N4O5S/c1-5-21-19(23-14-20(4,25)18-12-15(2)29-16(18)3)22-9-11-30(26,27)24-13-17-8-6-7-10-28-17/h12,17,24-25H,5-11,13-14H2,1-4H3,(H2,21,22,23). The Hall–Kier alpha value is -1.62. The van der Waals surface area contributed by atoms with Gasteiger partial charge in [0.1, 0.15) is 17.1 Å². The summed E-state index contributed by atoms with van der Waals surface area (Å²) in [5, 5.41) is 16.9. The molecule has 1 fully saturated rings. The summed E-state index contributed by atoms with van der Waals surface area (Å²) >= 11 is 0. The van der Waals surface area contributed by atoms with Crippen LogP contribution in [0.15, 0.2) is 15.5 Å². The number of ether oxygens (including phenoxy) is 1. The van der Waals surface area contributed by atoms with Crippen molar-refractivity contribution in [3.05, 3.63) is 23.2 Å². The van der Waals surface area contributed by atoms with Crippen LogP contribution in [0.1, 0.15) is 50.2 Å². The van der Waals surface area contributed by atoms with Crippen molar-refractivity contribution < 1.29 is 22.7 Å². The van der Waals surface area contributed by atoms with E-state index in [-0.39, 0.29) is 24.9 Å². The molecule has 0 aromatic carbocycles. The molecule has 0 spiro atoms. The third kappa shape index (κ3) is 7.90. The molecule has 0 aliphatic carbocycles. The Morgan fingerprint density at radius 3 is 2.70 bits per heavy atom. The fourth-order valence-electron chi connectivity index (χ4n) is 3.39. The summed E-state index contributed by atoms with van der Waals surface area (Å²) in [5.74, 6) is 1.75. The first kappa shape index (κ1) is 24.6. The molecule has 2 heterocycles. The van der Waals surface area contributed by atoms with Gasteiger partial charge in [-0.2, -0.15) is 0 Å². The SMILES string of the molecule is CCNC(=NCC(C)(O)c1cc(C)oc1C)NCCS(=O)(=O)NCC1CCCCO1. The lowest BCUT2D eigenvalue weighted by atomic mass is 9.96. The Morgan fingerprint density at radius 1 is 1.33 bits per heavy atom. The zero-order chi connectivity index (χ0) is 22.2. The second kappa shape index (κ2) is 11.1. The van der Waals surface area contributed by atoms with Crippen molar-refractivity contribution in [1.82, 2.24) is 15.4 Å². The molecular formula is C20H36N4O5S. The maximum atomic E-state index is 12.2.